The third kappa shape index (κ3) is 2.49. The molecule has 1 saturated heterocycles. The number of nitrogens with one attached hydrogen (secondary N) is 2. The van der Waals surface area contributed by atoms with E-state index in [2.05, 4.69) is 10.9 Å². The molecule has 1 aromatic rings. The van der Waals surface area contributed by atoms with Crippen molar-refractivity contribution >= 4 is 17.5 Å². The number of amides is 2. The summed E-state index contributed by atoms with van der Waals surface area (Å²) in [5.74, 6) is -0.439. The Hall–Kier alpha value is -1.92. The van der Waals surface area contributed by atoms with Crippen molar-refractivity contribution in [3.8, 4) is 0 Å². The fourth-order valence-electron chi connectivity index (χ4n) is 1.84. The van der Waals surface area contributed by atoms with Gasteiger partial charge in [-0.3, -0.25) is 9.59 Å². The predicted octanol–water partition coefficient (Wildman–Crippen LogP) is 0.207. The van der Waals surface area contributed by atoms with Gasteiger partial charge in [-0.15, -0.1) is 0 Å². The van der Waals surface area contributed by atoms with Gasteiger partial charge in [-0.1, -0.05) is 18.2 Å². The molecule has 0 spiro atoms. The molecule has 96 valence electrons. The molecular weight excluding hydrogens is 232 g/mol. The van der Waals surface area contributed by atoms with Crippen molar-refractivity contribution in [3.63, 3.8) is 0 Å². The van der Waals surface area contributed by atoms with Crippen LogP contribution in [0, 0.1) is 0 Å². The maximum Gasteiger partial charge on any atom is 0.263 e. The molecule has 0 bridgehead atoms. The van der Waals surface area contributed by atoms with E-state index in [0.717, 1.165) is 10.7 Å². The van der Waals surface area contributed by atoms with Crippen molar-refractivity contribution in [2.24, 2.45) is 0 Å². The first-order chi connectivity index (χ1) is 8.59. The summed E-state index contributed by atoms with van der Waals surface area (Å²) >= 11 is 0. The lowest BCUT2D eigenvalue weighted by Crippen LogP contribution is -2.46. The van der Waals surface area contributed by atoms with Crippen LogP contribution in [0.2, 0.25) is 0 Å². The first-order valence-corrected chi connectivity index (χ1v) is 5.70. The van der Waals surface area contributed by atoms with Crippen LogP contribution in [0.25, 0.3) is 0 Å². The highest BCUT2D eigenvalue weighted by molar-refractivity contribution is 6.05. The number of carbonyl (C=O) groups excluding carboxylic acids is 2. The van der Waals surface area contributed by atoms with Crippen LogP contribution in [0.1, 0.15) is 6.42 Å². The Morgan fingerprint density at radius 1 is 1.22 bits per heavy atom. The van der Waals surface area contributed by atoms with Crippen molar-refractivity contribution in [1.29, 1.82) is 0 Å². The van der Waals surface area contributed by atoms with Gasteiger partial charge in [0.1, 0.15) is 6.04 Å². The average Bonchev–Trinajstić information content (AvgIpc) is 2.63. The highest BCUT2D eigenvalue weighted by Gasteiger charge is 2.39. The van der Waals surface area contributed by atoms with Gasteiger partial charge in [0.25, 0.3) is 5.91 Å². The normalized spacial score (nSPS) is 19.7. The standard InChI is InChI=1S/C12H16N4O2/c1-15(2)16-11(17)8-10(12(16)18)14-13-9-6-4-3-5-7-9/h3-7,10,13-14H,8H2,1-2H3/t10-/m0/s1. The summed E-state index contributed by atoms with van der Waals surface area (Å²) in [4.78, 5) is 23.6. The molecule has 1 aliphatic heterocycles. The van der Waals surface area contributed by atoms with Gasteiger partial charge in [0, 0.05) is 19.8 Å². The van der Waals surface area contributed by atoms with Crippen LogP contribution in [-0.4, -0.2) is 42.0 Å². The van der Waals surface area contributed by atoms with E-state index in [4.69, 9.17) is 0 Å². The van der Waals surface area contributed by atoms with Crippen LogP contribution in [0.5, 0.6) is 0 Å². The maximum absolute atomic E-state index is 11.9. The molecule has 1 heterocycles. The van der Waals surface area contributed by atoms with Crippen molar-refractivity contribution in [3.05, 3.63) is 30.3 Å². The van der Waals surface area contributed by atoms with E-state index in [1.807, 2.05) is 30.3 Å². The molecule has 1 aromatic carbocycles. The van der Waals surface area contributed by atoms with Gasteiger partial charge in [-0.05, 0) is 12.1 Å². The monoisotopic (exact) mass is 248 g/mol. The first kappa shape index (κ1) is 12.5. The lowest BCUT2D eigenvalue weighted by Gasteiger charge is -2.22. The Labute approximate surface area is 105 Å². The minimum Gasteiger partial charge on any atom is -0.321 e. The van der Waals surface area contributed by atoms with Gasteiger partial charge in [0.2, 0.25) is 5.91 Å². The van der Waals surface area contributed by atoms with Crippen LogP contribution in [0.4, 0.5) is 5.69 Å². The quantitative estimate of drug-likeness (QED) is 0.589. The lowest BCUT2D eigenvalue weighted by atomic mass is 10.2. The van der Waals surface area contributed by atoms with Crippen LogP contribution in [0.15, 0.2) is 30.3 Å². The van der Waals surface area contributed by atoms with Crippen molar-refractivity contribution in [2.45, 2.75) is 12.5 Å². The number of carbonyl (C=O) groups is 2. The second-order valence-electron chi connectivity index (χ2n) is 4.28. The fourth-order valence-corrected chi connectivity index (χ4v) is 1.84. The van der Waals surface area contributed by atoms with Crippen LogP contribution in [-0.2, 0) is 9.59 Å². The van der Waals surface area contributed by atoms with Gasteiger partial charge < -0.3 is 5.43 Å². The summed E-state index contributed by atoms with van der Waals surface area (Å²) in [5, 5.41) is 2.64. The molecule has 6 nitrogen and oxygen atoms in total. The van der Waals surface area contributed by atoms with Crippen LogP contribution >= 0.6 is 0 Å². The zero-order chi connectivity index (χ0) is 13.1. The molecule has 2 rings (SSSR count). The fraction of sp³-hybridized carbons (Fsp3) is 0.333. The zero-order valence-electron chi connectivity index (χ0n) is 10.4. The highest BCUT2D eigenvalue weighted by atomic mass is 16.2. The number of hydrogen-bond acceptors (Lipinski definition) is 5. The minimum absolute atomic E-state index is 0.164. The largest absolute Gasteiger partial charge is 0.321 e. The Kier molecular flexibility index (Phi) is 3.59. The second kappa shape index (κ2) is 5.16. The summed E-state index contributed by atoms with van der Waals surface area (Å²) in [6.45, 7) is 0. The molecule has 1 fully saturated rings. The summed E-state index contributed by atoms with van der Waals surface area (Å²) in [5.41, 5.74) is 6.65. The number of rotatable bonds is 4. The van der Waals surface area contributed by atoms with E-state index < -0.39 is 6.04 Å². The molecular formula is C12H16N4O2. The number of hydrogen-bond donors (Lipinski definition) is 2. The van der Waals surface area contributed by atoms with Crippen molar-refractivity contribution in [2.75, 3.05) is 19.5 Å². The van der Waals surface area contributed by atoms with E-state index in [1.54, 1.807) is 14.1 Å². The molecule has 18 heavy (non-hydrogen) atoms. The van der Waals surface area contributed by atoms with Crippen molar-refractivity contribution < 1.29 is 9.59 Å². The highest BCUT2D eigenvalue weighted by Crippen LogP contribution is 2.14. The second-order valence-corrected chi connectivity index (χ2v) is 4.28. The number of benzene rings is 1. The van der Waals surface area contributed by atoms with Gasteiger partial charge in [0.05, 0.1) is 6.42 Å². The zero-order valence-corrected chi connectivity index (χ0v) is 10.4. The number of nitrogens with zero attached hydrogens (tertiary/aromatic N) is 2. The van der Waals surface area contributed by atoms with Crippen LogP contribution < -0.4 is 10.9 Å². The Balaban J connectivity index is 1.96. The summed E-state index contributed by atoms with van der Waals surface area (Å²) in [6.07, 6.45) is 0.164. The summed E-state index contributed by atoms with van der Waals surface area (Å²) < 4.78 is 0. The van der Waals surface area contributed by atoms with E-state index in [1.165, 1.54) is 5.01 Å². The van der Waals surface area contributed by atoms with Gasteiger partial charge >= 0.3 is 0 Å². The number of para-hydroxylation sites is 1. The van der Waals surface area contributed by atoms with Gasteiger partial charge in [0.15, 0.2) is 0 Å². The maximum atomic E-state index is 11.9. The molecule has 6 heteroatoms. The van der Waals surface area contributed by atoms with Gasteiger partial charge in [-0.25, -0.2) is 15.4 Å². The van der Waals surface area contributed by atoms with E-state index in [9.17, 15) is 9.59 Å². The Morgan fingerprint density at radius 2 is 1.89 bits per heavy atom. The summed E-state index contributed by atoms with van der Waals surface area (Å²) in [7, 11) is 3.34. The number of imide groups is 1. The third-order valence-corrected chi connectivity index (χ3v) is 2.69. The SMILES string of the molecule is CN(C)N1C(=O)C[C@H](NNc2ccccc2)C1=O. The third-order valence-electron chi connectivity index (χ3n) is 2.69. The lowest BCUT2D eigenvalue weighted by molar-refractivity contribution is -0.153. The first-order valence-electron chi connectivity index (χ1n) is 5.70. The topological polar surface area (TPSA) is 64.7 Å². The molecule has 1 aliphatic rings. The van der Waals surface area contributed by atoms with Crippen LogP contribution in [0.3, 0.4) is 0 Å². The Bertz CT molecular complexity index is 447. The van der Waals surface area contributed by atoms with E-state index in [0.29, 0.717) is 0 Å². The predicted molar refractivity (Wildman–Crippen MR) is 67.1 cm³/mol. The summed E-state index contributed by atoms with van der Waals surface area (Å²) in [6, 6.07) is 8.90. The molecule has 0 unspecified atom stereocenters. The molecule has 0 saturated carbocycles. The smallest absolute Gasteiger partial charge is 0.263 e. The molecule has 0 aromatic heterocycles. The molecule has 2 amide bonds. The minimum atomic E-state index is -0.528. The molecule has 1 atom stereocenters. The van der Waals surface area contributed by atoms with E-state index >= 15 is 0 Å². The molecule has 0 aliphatic carbocycles. The van der Waals surface area contributed by atoms with Gasteiger partial charge in [-0.2, -0.15) is 0 Å². The Morgan fingerprint density at radius 3 is 2.44 bits per heavy atom. The molecule has 2 N–H and O–H groups in total. The molecule has 0 radical (unpaired) electrons. The average molecular weight is 248 g/mol. The number of hydrazine groups is 2. The van der Waals surface area contributed by atoms with E-state index in [-0.39, 0.29) is 18.2 Å². The van der Waals surface area contributed by atoms with Crippen molar-refractivity contribution in [1.82, 2.24) is 15.4 Å². The number of anilines is 1.